The number of nitrogens with two attached hydrogens (primary N) is 1. The summed E-state index contributed by atoms with van der Waals surface area (Å²) in [5.41, 5.74) is 12.5. The molecule has 3 aromatic rings. The van der Waals surface area contributed by atoms with Crippen LogP contribution in [-0.4, -0.2) is 22.6 Å². The average Bonchev–Trinajstić information content (AvgIpc) is 2.88. The van der Waals surface area contributed by atoms with E-state index in [4.69, 9.17) is 10.7 Å². The normalized spacial score (nSPS) is 11.3. The van der Waals surface area contributed by atoms with Gasteiger partial charge in [0.05, 0.1) is 17.6 Å². The minimum Gasteiger partial charge on any atom is -0.354 e. The van der Waals surface area contributed by atoms with E-state index in [1.165, 1.54) is 11.1 Å². The fraction of sp³-hybridized carbons (Fsp3) is 0.350. The molecule has 0 atom stereocenters. The minimum atomic E-state index is -0.132. The summed E-state index contributed by atoms with van der Waals surface area (Å²) in [6.45, 7) is 9.63. The van der Waals surface area contributed by atoms with Crippen molar-refractivity contribution < 1.29 is 4.39 Å². The van der Waals surface area contributed by atoms with Crippen LogP contribution in [0.4, 0.5) is 10.3 Å². The zero-order valence-electron chi connectivity index (χ0n) is 15.3. The minimum absolute atomic E-state index is 0.132. The molecule has 0 radical (unpaired) electrons. The maximum atomic E-state index is 13.9. The van der Waals surface area contributed by atoms with E-state index >= 15 is 0 Å². The van der Waals surface area contributed by atoms with Crippen LogP contribution < -0.4 is 11.1 Å². The van der Waals surface area contributed by atoms with Gasteiger partial charge in [-0.15, -0.1) is 0 Å². The summed E-state index contributed by atoms with van der Waals surface area (Å²) in [5, 5.41) is 3.30. The van der Waals surface area contributed by atoms with Gasteiger partial charge in [0.1, 0.15) is 5.82 Å². The van der Waals surface area contributed by atoms with Crippen LogP contribution in [0.1, 0.15) is 27.8 Å². The lowest BCUT2D eigenvalue weighted by molar-refractivity contribution is 0.607. The molecule has 0 saturated carbocycles. The molecule has 0 fully saturated rings. The van der Waals surface area contributed by atoms with E-state index in [-0.39, 0.29) is 5.82 Å². The molecule has 3 rings (SSSR count). The van der Waals surface area contributed by atoms with Gasteiger partial charge in [0.25, 0.3) is 0 Å². The molecule has 3 N–H and O–H groups in total. The summed E-state index contributed by atoms with van der Waals surface area (Å²) in [6.07, 6.45) is 0. The molecule has 5 heteroatoms. The third kappa shape index (κ3) is 3.37. The Labute approximate surface area is 147 Å². The topological polar surface area (TPSA) is 55.9 Å². The highest BCUT2D eigenvalue weighted by molar-refractivity contribution is 5.80. The third-order valence-corrected chi connectivity index (χ3v) is 4.63. The van der Waals surface area contributed by atoms with Crippen LogP contribution in [0.3, 0.4) is 0 Å². The first-order valence-corrected chi connectivity index (χ1v) is 8.57. The quantitative estimate of drug-likeness (QED) is 0.742. The molecule has 25 heavy (non-hydrogen) atoms. The molecule has 0 spiro atoms. The van der Waals surface area contributed by atoms with Gasteiger partial charge in [0.2, 0.25) is 5.95 Å². The number of halogens is 1. The molecule has 4 nitrogen and oxygen atoms in total. The van der Waals surface area contributed by atoms with Crippen molar-refractivity contribution in [1.82, 2.24) is 9.55 Å². The Kier molecular flexibility index (Phi) is 4.77. The molecule has 0 amide bonds. The van der Waals surface area contributed by atoms with E-state index in [0.29, 0.717) is 30.8 Å². The van der Waals surface area contributed by atoms with Crippen molar-refractivity contribution in [3.63, 3.8) is 0 Å². The second kappa shape index (κ2) is 6.84. The molecule has 0 unspecified atom stereocenters. The van der Waals surface area contributed by atoms with Crippen LogP contribution in [0.25, 0.3) is 11.0 Å². The Morgan fingerprint density at radius 3 is 2.28 bits per heavy atom. The van der Waals surface area contributed by atoms with Crippen LogP contribution in [-0.2, 0) is 6.54 Å². The van der Waals surface area contributed by atoms with Crippen LogP contribution in [0.15, 0.2) is 24.3 Å². The number of benzene rings is 2. The first-order chi connectivity index (χ1) is 11.9. The van der Waals surface area contributed by atoms with E-state index in [1.54, 1.807) is 13.8 Å². The lowest BCUT2D eigenvalue weighted by Crippen LogP contribution is -2.16. The van der Waals surface area contributed by atoms with Gasteiger partial charge >= 0.3 is 0 Å². The lowest BCUT2D eigenvalue weighted by Gasteiger charge is -2.13. The number of rotatable bonds is 5. The van der Waals surface area contributed by atoms with Crippen molar-refractivity contribution in [1.29, 1.82) is 0 Å². The van der Waals surface area contributed by atoms with E-state index in [1.807, 2.05) is 12.1 Å². The van der Waals surface area contributed by atoms with Crippen molar-refractivity contribution >= 4 is 17.0 Å². The predicted octanol–water partition coefficient (Wildman–Crippen LogP) is 3.83. The van der Waals surface area contributed by atoms with Gasteiger partial charge in [0, 0.05) is 13.1 Å². The Hall–Kier alpha value is -2.40. The summed E-state index contributed by atoms with van der Waals surface area (Å²) in [6, 6.07) is 8.08. The summed E-state index contributed by atoms with van der Waals surface area (Å²) in [4.78, 5) is 4.73. The number of imidazole rings is 1. The van der Waals surface area contributed by atoms with Crippen LogP contribution >= 0.6 is 0 Å². The smallest absolute Gasteiger partial charge is 0.204 e. The first-order valence-electron chi connectivity index (χ1n) is 8.57. The van der Waals surface area contributed by atoms with Gasteiger partial charge in [-0.3, -0.25) is 0 Å². The number of hydrogen-bond donors (Lipinski definition) is 2. The van der Waals surface area contributed by atoms with Gasteiger partial charge in [-0.1, -0.05) is 12.1 Å². The third-order valence-electron chi connectivity index (χ3n) is 4.63. The molecular weight excluding hydrogens is 315 g/mol. The second-order valence-electron chi connectivity index (χ2n) is 6.71. The van der Waals surface area contributed by atoms with E-state index < -0.39 is 0 Å². The molecule has 2 aromatic carbocycles. The maximum Gasteiger partial charge on any atom is 0.204 e. The molecule has 132 valence electrons. The molecule has 1 heterocycles. The van der Waals surface area contributed by atoms with Crippen molar-refractivity contribution in [2.45, 2.75) is 34.2 Å². The van der Waals surface area contributed by atoms with Crippen molar-refractivity contribution in [3.05, 3.63) is 57.9 Å². The Bertz CT molecular complexity index is 904. The van der Waals surface area contributed by atoms with Gasteiger partial charge < -0.3 is 15.6 Å². The standard InChI is InChI=1S/C20H25FN4/c1-12-9-17-18(10-13(12)2)25(20(24-17)23-6-5-22)11-16-7-14(3)19(21)15(4)8-16/h7-10H,5-6,11,22H2,1-4H3,(H,23,24). The SMILES string of the molecule is Cc1cc2nc(NCCN)n(Cc3cc(C)c(F)c(C)c3)c2cc1C. The van der Waals surface area contributed by atoms with Crippen molar-refractivity contribution in [2.24, 2.45) is 5.73 Å². The number of nitrogens with zero attached hydrogens (tertiary/aromatic N) is 2. The van der Waals surface area contributed by atoms with Gasteiger partial charge in [-0.2, -0.15) is 0 Å². The van der Waals surface area contributed by atoms with Crippen molar-refractivity contribution in [3.8, 4) is 0 Å². The highest BCUT2D eigenvalue weighted by atomic mass is 19.1. The number of aromatic nitrogens is 2. The predicted molar refractivity (Wildman–Crippen MR) is 102 cm³/mol. The van der Waals surface area contributed by atoms with Crippen LogP contribution in [0.2, 0.25) is 0 Å². The number of anilines is 1. The Morgan fingerprint density at radius 1 is 1.00 bits per heavy atom. The van der Waals surface area contributed by atoms with Crippen LogP contribution in [0, 0.1) is 33.5 Å². The Balaban J connectivity index is 2.10. The number of aryl methyl sites for hydroxylation is 4. The molecule has 1 aromatic heterocycles. The number of fused-ring (bicyclic) bond motifs is 1. The van der Waals surface area contributed by atoms with Crippen LogP contribution in [0.5, 0.6) is 0 Å². The molecule has 0 aliphatic carbocycles. The lowest BCUT2D eigenvalue weighted by atomic mass is 10.1. The van der Waals surface area contributed by atoms with E-state index in [9.17, 15) is 4.39 Å². The largest absolute Gasteiger partial charge is 0.354 e. The second-order valence-corrected chi connectivity index (χ2v) is 6.71. The van der Waals surface area contributed by atoms with Gasteiger partial charge in [0.15, 0.2) is 0 Å². The highest BCUT2D eigenvalue weighted by Crippen LogP contribution is 2.25. The maximum absolute atomic E-state index is 13.9. The molecule has 0 bridgehead atoms. The number of hydrogen-bond acceptors (Lipinski definition) is 3. The summed E-state index contributed by atoms with van der Waals surface area (Å²) in [7, 11) is 0. The van der Waals surface area contributed by atoms with E-state index in [2.05, 4.69) is 35.9 Å². The summed E-state index contributed by atoms with van der Waals surface area (Å²) < 4.78 is 16.1. The fourth-order valence-corrected chi connectivity index (χ4v) is 3.17. The average molecular weight is 340 g/mol. The Morgan fingerprint density at radius 2 is 1.64 bits per heavy atom. The van der Waals surface area contributed by atoms with Crippen molar-refractivity contribution in [2.75, 3.05) is 18.4 Å². The molecule has 0 aliphatic heterocycles. The molecular formula is C20H25FN4. The zero-order valence-corrected chi connectivity index (χ0v) is 15.3. The van der Waals surface area contributed by atoms with E-state index in [0.717, 1.165) is 22.5 Å². The van der Waals surface area contributed by atoms with Gasteiger partial charge in [-0.25, -0.2) is 9.37 Å². The number of nitrogens with one attached hydrogen (secondary N) is 1. The molecule has 0 aliphatic rings. The summed E-state index contributed by atoms with van der Waals surface area (Å²) in [5.74, 6) is 0.664. The molecule has 0 saturated heterocycles. The first kappa shape index (κ1) is 17.4. The monoisotopic (exact) mass is 340 g/mol. The van der Waals surface area contributed by atoms with Gasteiger partial charge in [-0.05, 0) is 67.6 Å². The summed E-state index contributed by atoms with van der Waals surface area (Å²) >= 11 is 0. The zero-order chi connectivity index (χ0) is 18.1. The highest BCUT2D eigenvalue weighted by Gasteiger charge is 2.13. The fourth-order valence-electron chi connectivity index (χ4n) is 3.17.